The standard InChI is InChI=1S/C22H25N5O4S/c1-16-13-20(7-8-21(16)30-2)32(28,29)26-18-5-3-17(4-6-18)24-22-14-19(15-23-25-22)27-9-11-31-12-10-27/h3-8,13-15,26H,9-12H2,1-2H3,(H,24,25). The molecule has 9 nitrogen and oxygen atoms in total. The summed E-state index contributed by atoms with van der Waals surface area (Å²) >= 11 is 0. The highest BCUT2D eigenvalue weighted by Gasteiger charge is 2.16. The normalized spacial score (nSPS) is 14.1. The van der Waals surface area contributed by atoms with Crippen molar-refractivity contribution in [2.75, 3.05) is 48.4 Å². The molecule has 0 amide bonds. The molecule has 0 atom stereocenters. The number of hydrogen-bond acceptors (Lipinski definition) is 8. The van der Waals surface area contributed by atoms with Crippen molar-refractivity contribution >= 4 is 32.9 Å². The van der Waals surface area contributed by atoms with Crippen molar-refractivity contribution in [3.8, 4) is 5.75 Å². The molecule has 2 N–H and O–H groups in total. The summed E-state index contributed by atoms with van der Waals surface area (Å²) in [5.41, 5.74) is 2.94. The number of nitrogens with zero attached hydrogens (tertiary/aromatic N) is 3. The van der Waals surface area contributed by atoms with Crippen LogP contribution in [0.25, 0.3) is 0 Å². The van der Waals surface area contributed by atoms with Gasteiger partial charge in [-0.05, 0) is 55.0 Å². The third-order valence-corrected chi connectivity index (χ3v) is 6.48. The molecule has 1 aliphatic rings. The van der Waals surface area contributed by atoms with Crippen LogP contribution in [0.4, 0.5) is 22.9 Å². The third kappa shape index (κ3) is 5.09. The Hall–Kier alpha value is -3.37. The highest BCUT2D eigenvalue weighted by Crippen LogP contribution is 2.25. The molecule has 1 saturated heterocycles. The van der Waals surface area contributed by atoms with Gasteiger partial charge in [0.25, 0.3) is 10.0 Å². The molecule has 2 heterocycles. The fraction of sp³-hybridized carbons (Fsp3) is 0.273. The Morgan fingerprint density at radius 3 is 2.44 bits per heavy atom. The molecule has 168 valence electrons. The second-order valence-electron chi connectivity index (χ2n) is 7.34. The van der Waals surface area contributed by atoms with Crippen LogP contribution in [0, 0.1) is 6.92 Å². The number of nitrogens with one attached hydrogen (secondary N) is 2. The summed E-state index contributed by atoms with van der Waals surface area (Å²) in [6.07, 6.45) is 1.73. The molecule has 1 aliphatic heterocycles. The van der Waals surface area contributed by atoms with Crippen molar-refractivity contribution in [1.82, 2.24) is 10.2 Å². The molecule has 0 saturated carbocycles. The van der Waals surface area contributed by atoms with Gasteiger partial charge < -0.3 is 19.7 Å². The highest BCUT2D eigenvalue weighted by molar-refractivity contribution is 7.92. The van der Waals surface area contributed by atoms with Crippen LogP contribution in [0.15, 0.2) is 59.6 Å². The molecule has 1 fully saturated rings. The van der Waals surface area contributed by atoms with Crippen LogP contribution >= 0.6 is 0 Å². The first kappa shape index (κ1) is 21.8. The van der Waals surface area contributed by atoms with Gasteiger partial charge in [-0.25, -0.2) is 8.42 Å². The van der Waals surface area contributed by atoms with E-state index in [2.05, 4.69) is 25.1 Å². The van der Waals surface area contributed by atoms with Gasteiger partial charge in [-0.15, -0.1) is 5.10 Å². The predicted molar refractivity (Wildman–Crippen MR) is 123 cm³/mol. The van der Waals surface area contributed by atoms with Gasteiger partial charge in [0, 0.05) is 30.5 Å². The second-order valence-corrected chi connectivity index (χ2v) is 9.02. The van der Waals surface area contributed by atoms with Gasteiger partial charge >= 0.3 is 0 Å². The van der Waals surface area contributed by atoms with Gasteiger partial charge in [-0.2, -0.15) is 5.10 Å². The van der Waals surface area contributed by atoms with Gasteiger partial charge in [0.2, 0.25) is 0 Å². The molecule has 32 heavy (non-hydrogen) atoms. The Balaban J connectivity index is 1.44. The smallest absolute Gasteiger partial charge is 0.261 e. The number of aromatic nitrogens is 2. The average Bonchev–Trinajstić information content (AvgIpc) is 2.81. The average molecular weight is 456 g/mol. The summed E-state index contributed by atoms with van der Waals surface area (Å²) in [5, 5.41) is 11.4. The number of aryl methyl sites for hydroxylation is 1. The predicted octanol–water partition coefficient (Wildman–Crippen LogP) is 3.17. The number of morpholine rings is 1. The molecule has 0 radical (unpaired) electrons. The van der Waals surface area contributed by atoms with E-state index in [1.54, 1.807) is 56.6 Å². The summed E-state index contributed by atoms with van der Waals surface area (Å²) in [6, 6.07) is 13.6. The zero-order valence-corrected chi connectivity index (χ0v) is 18.7. The lowest BCUT2D eigenvalue weighted by atomic mass is 10.2. The van der Waals surface area contributed by atoms with E-state index in [9.17, 15) is 8.42 Å². The lowest BCUT2D eigenvalue weighted by molar-refractivity contribution is 0.122. The zero-order valence-electron chi connectivity index (χ0n) is 17.9. The van der Waals surface area contributed by atoms with E-state index in [1.165, 1.54) is 6.07 Å². The lowest BCUT2D eigenvalue weighted by Crippen LogP contribution is -2.36. The summed E-state index contributed by atoms with van der Waals surface area (Å²) < 4.78 is 38.6. The van der Waals surface area contributed by atoms with E-state index in [4.69, 9.17) is 9.47 Å². The van der Waals surface area contributed by atoms with Crippen molar-refractivity contribution < 1.29 is 17.9 Å². The van der Waals surface area contributed by atoms with E-state index in [1.807, 2.05) is 6.07 Å². The number of anilines is 4. The highest BCUT2D eigenvalue weighted by atomic mass is 32.2. The van der Waals surface area contributed by atoms with Crippen LogP contribution in [0.3, 0.4) is 0 Å². The Kier molecular flexibility index (Phi) is 6.42. The monoisotopic (exact) mass is 455 g/mol. The Labute approximate surface area is 187 Å². The van der Waals surface area contributed by atoms with E-state index < -0.39 is 10.0 Å². The first-order valence-electron chi connectivity index (χ1n) is 10.1. The number of benzene rings is 2. The van der Waals surface area contributed by atoms with Crippen LogP contribution < -0.4 is 19.7 Å². The van der Waals surface area contributed by atoms with Crippen molar-refractivity contribution in [3.63, 3.8) is 0 Å². The minimum Gasteiger partial charge on any atom is -0.496 e. The molecule has 4 rings (SSSR count). The van der Waals surface area contributed by atoms with Gasteiger partial charge in [0.05, 0.1) is 37.1 Å². The number of rotatable bonds is 7. The molecule has 0 unspecified atom stereocenters. The maximum absolute atomic E-state index is 12.7. The topological polar surface area (TPSA) is 106 Å². The van der Waals surface area contributed by atoms with Crippen molar-refractivity contribution in [2.24, 2.45) is 0 Å². The minimum absolute atomic E-state index is 0.174. The summed E-state index contributed by atoms with van der Waals surface area (Å²) in [4.78, 5) is 2.37. The second kappa shape index (κ2) is 9.41. The van der Waals surface area contributed by atoms with Crippen LogP contribution in [0.2, 0.25) is 0 Å². The maximum atomic E-state index is 12.7. The summed E-state index contributed by atoms with van der Waals surface area (Å²) in [5.74, 6) is 1.25. The summed E-state index contributed by atoms with van der Waals surface area (Å²) in [6.45, 7) is 4.81. The third-order valence-electron chi connectivity index (χ3n) is 5.10. The van der Waals surface area contributed by atoms with Crippen molar-refractivity contribution in [2.45, 2.75) is 11.8 Å². The fourth-order valence-electron chi connectivity index (χ4n) is 3.41. The van der Waals surface area contributed by atoms with Crippen LogP contribution in [0.5, 0.6) is 5.75 Å². The molecular formula is C22H25N5O4S. The lowest BCUT2D eigenvalue weighted by Gasteiger charge is -2.28. The number of ether oxygens (including phenoxy) is 2. The van der Waals surface area contributed by atoms with Crippen LogP contribution in [0.1, 0.15) is 5.56 Å². The molecule has 3 aromatic rings. The van der Waals surface area contributed by atoms with Crippen molar-refractivity contribution in [1.29, 1.82) is 0 Å². The Morgan fingerprint density at radius 2 is 1.75 bits per heavy atom. The molecule has 0 aliphatic carbocycles. The van der Waals surface area contributed by atoms with Crippen LogP contribution in [-0.4, -0.2) is 52.0 Å². The number of methoxy groups -OCH3 is 1. The Morgan fingerprint density at radius 1 is 1.03 bits per heavy atom. The molecule has 0 spiro atoms. The van der Waals surface area contributed by atoms with Gasteiger partial charge in [0.1, 0.15) is 5.75 Å². The number of sulfonamides is 1. The summed E-state index contributed by atoms with van der Waals surface area (Å²) in [7, 11) is -2.16. The van der Waals surface area contributed by atoms with E-state index >= 15 is 0 Å². The van der Waals surface area contributed by atoms with Gasteiger partial charge in [-0.3, -0.25) is 4.72 Å². The molecule has 0 bridgehead atoms. The molecule has 10 heteroatoms. The van der Waals surface area contributed by atoms with E-state index in [-0.39, 0.29) is 4.90 Å². The fourth-order valence-corrected chi connectivity index (χ4v) is 4.56. The van der Waals surface area contributed by atoms with E-state index in [0.29, 0.717) is 30.5 Å². The SMILES string of the molecule is COc1ccc(S(=O)(=O)Nc2ccc(Nc3cc(N4CCOCC4)cnn3)cc2)cc1C. The first-order valence-corrected chi connectivity index (χ1v) is 11.6. The number of hydrogen-bond donors (Lipinski definition) is 2. The van der Waals surface area contributed by atoms with Crippen molar-refractivity contribution in [3.05, 3.63) is 60.3 Å². The van der Waals surface area contributed by atoms with E-state index in [0.717, 1.165) is 30.0 Å². The maximum Gasteiger partial charge on any atom is 0.261 e. The minimum atomic E-state index is -3.71. The quantitative estimate of drug-likeness (QED) is 0.560. The van der Waals surface area contributed by atoms with Crippen LogP contribution in [-0.2, 0) is 14.8 Å². The largest absolute Gasteiger partial charge is 0.496 e. The zero-order chi connectivity index (χ0) is 22.6. The van der Waals surface area contributed by atoms with Gasteiger partial charge in [0.15, 0.2) is 5.82 Å². The van der Waals surface area contributed by atoms with Gasteiger partial charge in [-0.1, -0.05) is 0 Å². The first-order chi connectivity index (χ1) is 15.4. The molecule has 1 aromatic heterocycles. The molecular weight excluding hydrogens is 430 g/mol. The Bertz CT molecular complexity index is 1180. The molecule has 2 aromatic carbocycles.